The van der Waals surface area contributed by atoms with Gasteiger partial charge in [0.05, 0.1) is 6.20 Å². The quantitative estimate of drug-likeness (QED) is 0.865. The smallest absolute Gasteiger partial charge is 0.270 e. The van der Waals surface area contributed by atoms with Gasteiger partial charge >= 0.3 is 0 Å². The summed E-state index contributed by atoms with van der Waals surface area (Å²) in [6, 6.07) is 2.59. The van der Waals surface area contributed by atoms with Crippen molar-refractivity contribution in [2.45, 2.75) is 25.8 Å². The fraction of sp³-hybridized carbons (Fsp3) is 0.455. The fourth-order valence-electron chi connectivity index (χ4n) is 1.06. The number of nitrogens with zero attached hydrogens (tertiary/aromatic N) is 1. The number of carbonyl (C=O) groups excluding carboxylic acids is 1. The van der Waals surface area contributed by atoms with Crippen LogP contribution in [0.15, 0.2) is 18.3 Å². The monoisotopic (exact) mass is 288 g/mol. The molecule has 0 aliphatic carbocycles. The predicted molar refractivity (Wildman–Crippen MR) is 64.2 cm³/mol. The molecule has 0 saturated carbocycles. The Hall–Kier alpha value is -0.970. The highest BCUT2D eigenvalue weighted by atomic mass is 79.9. The van der Waals surface area contributed by atoms with Crippen LogP contribution in [0.3, 0.4) is 0 Å². The van der Waals surface area contributed by atoms with Gasteiger partial charge in [-0.3, -0.25) is 4.79 Å². The summed E-state index contributed by atoms with van der Waals surface area (Å²) in [5.74, 6) is -0.737. The Balaban J connectivity index is 2.76. The molecule has 0 bridgehead atoms. The summed E-state index contributed by atoms with van der Waals surface area (Å²) in [4.78, 5) is 15.5. The van der Waals surface area contributed by atoms with Crippen LogP contribution in [0.2, 0.25) is 0 Å². The van der Waals surface area contributed by atoms with Gasteiger partial charge in [0.15, 0.2) is 0 Å². The number of rotatable bonds is 4. The number of pyridine rings is 1. The molecule has 0 spiro atoms. The number of halogens is 2. The minimum absolute atomic E-state index is 0.224. The van der Waals surface area contributed by atoms with Crippen molar-refractivity contribution in [2.24, 2.45) is 0 Å². The molecule has 0 radical (unpaired) electrons. The molecule has 1 aromatic heterocycles. The van der Waals surface area contributed by atoms with Gasteiger partial charge in [0.1, 0.15) is 11.5 Å². The SMILES string of the molecule is CCC(C)(CBr)NC(=O)c1ccc(F)cn1. The van der Waals surface area contributed by atoms with E-state index in [4.69, 9.17) is 0 Å². The molecule has 0 aliphatic heterocycles. The zero-order chi connectivity index (χ0) is 12.2. The van der Waals surface area contributed by atoms with Crippen molar-refractivity contribution >= 4 is 21.8 Å². The van der Waals surface area contributed by atoms with E-state index < -0.39 is 5.82 Å². The van der Waals surface area contributed by atoms with Gasteiger partial charge in [-0.05, 0) is 25.5 Å². The third kappa shape index (κ3) is 3.27. The highest BCUT2D eigenvalue weighted by Crippen LogP contribution is 2.13. The average molecular weight is 289 g/mol. The Kier molecular flexibility index (Phi) is 4.41. The predicted octanol–water partition coefficient (Wildman–Crippen LogP) is 2.51. The van der Waals surface area contributed by atoms with Gasteiger partial charge in [-0.25, -0.2) is 9.37 Å². The van der Waals surface area contributed by atoms with Crippen LogP contribution < -0.4 is 5.32 Å². The average Bonchev–Trinajstić information content (AvgIpc) is 2.29. The number of carbonyl (C=O) groups is 1. The summed E-state index contributed by atoms with van der Waals surface area (Å²) >= 11 is 3.35. The second-order valence-corrected chi connectivity index (χ2v) is 4.42. The lowest BCUT2D eigenvalue weighted by atomic mass is 10.0. The van der Waals surface area contributed by atoms with Gasteiger partial charge in [-0.15, -0.1) is 0 Å². The largest absolute Gasteiger partial charge is 0.345 e. The first kappa shape index (κ1) is 13.1. The Labute approximate surface area is 103 Å². The zero-order valence-electron chi connectivity index (χ0n) is 9.26. The minimum Gasteiger partial charge on any atom is -0.345 e. The van der Waals surface area contributed by atoms with Gasteiger partial charge in [-0.1, -0.05) is 22.9 Å². The molecule has 1 atom stereocenters. The number of hydrogen-bond donors (Lipinski definition) is 1. The van der Waals surface area contributed by atoms with Crippen LogP contribution in [0.4, 0.5) is 4.39 Å². The third-order valence-electron chi connectivity index (χ3n) is 2.45. The maximum absolute atomic E-state index is 12.6. The van der Waals surface area contributed by atoms with E-state index in [9.17, 15) is 9.18 Å². The van der Waals surface area contributed by atoms with Crippen LogP contribution in [-0.4, -0.2) is 21.8 Å². The van der Waals surface area contributed by atoms with Crippen LogP contribution in [0, 0.1) is 5.82 Å². The van der Waals surface area contributed by atoms with E-state index in [1.165, 1.54) is 12.1 Å². The Morgan fingerprint density at radius 2 is 2.31 bits per heavy atom. The molecule has 0 saturated heterocycles. The molecule has 1 rings (SSSR count). The number of amides is 1. The molecule has 0 fully saturated rings. The second-order valence-electron chi connectivity index (χ2n) is 3.86. The lowest BCUT2D eigenvalue weighted by Gasteiger charge is -2.27. The molecule has 1 unspecified atom stereocenters. The maximum Gasteiger partial charge on any atom is 0.270 e. The molecule has 88 valence electrons. The Morgan fingerprint density at radius 1 is 1.62 bits per heavy atom. The molecule has 16 heavy (non-hydrogen) atoms. The van der Waals surface area contributed by atoms with Crippen LogP contribution >= 0.6 is 15.9 Å². The molecule has 0 aliphatic rings. The molecule has 3 nitrogen and oxygen atoms in total. The number of aromatic nitrogens is 1. The number of hydrogen-bond acceptors (Lipinski definition) is 2. The van der Waals surface area contributed by atoms with E-state index in [2.05, 4.69) is 26.2 Å². The molecule has 1 N–H and O–H groups in total. The van der Waals surface area contributed by atoms with Crippen LogP contribution in [0.1, 0.15) is 30.8 Å². The van der Waals surface area contributed by atoms with Gasteiger partial charge < -0.3 is 5.32 Å². The first-order valence-corrected chi connectivity index (χ1v) is 6.13. The Bertz CT molecular complexity index is 363. The Morgan fingerprint density at radius 3 is 2.75 bits per heavy atom. The van der Waals surface area contributed by atoms with Crippen LogP contribution in [0.5, 0.6) is 0 Å². The summed E-state index contributed by atoms with van der Waals surface area (Å²) in [5, 5.41) is 3.51. The van der Waals surface area contributed by atoms with Crippen molar-refractivity contribution in [1.82, 2.24) is 10.3 Å². The van der Waals surface area contributed by atoms with Crippen molar-refractivity contribution in [2.75, 3.05) is 5.33 Å². The molecular weight excluding hydrogens is 275 g/mol. The summed E-state index contributed by atoms with van der Waals surface area (Å²) < 4.78 is 12.6. The first-order chi connectivity index (χ1) is 7.50. The number of nitrogens with one attached hydrogen (secondary N) is 1. The normalized spacial score (nSPS) is 14.2. The lowest BCUT2D eigenvalue weighted by Crippen LogP contribution is -2.47. The van der Waals surface area contributed by atoms with Gasteiger partial charge in [0.2, 0.25) is 0 Å². The summed E-state index contributed by atoms with van der Waals surface area (Å²) in [5.41, 5.74) is -0.0883. The van der Waals surface area contributed by atoms with Crippen molar-refractivity contribution in [3.8, 4) is 0 Å². The van der Waals surface area contributed by atoms with E-state index in [1.807, 2.05) is 13.8 Å². The summed E-state index contributed by atoms with van der Waals surface area (Å²) in [6.45, 7) is 3.92. The molecule has 0 aromatic carbocycles. The van der Waals surface area contributed by atoms with E-state index in [0.717, 1.165) is 12.6 Å². The van der Waals surface area contributed by atoms with E-state index in [-0.39, 0.29) is 17.1 Å². The summed E-state index contributed by atoms with van der Waals surface area (Å²) in [7, 11) is 0. The van der Waals surface area contributed by atoms with Gasteiger partial charge in [0.25, 0.3) is 5.91 Å². The molecular formula is C11H14BrFN2O. The van der Waals surface area contributed by atoms with Crippen molar-refractivity contribution in [3.63, 3.8) is 0 Å². The first-order valence-electron chi connectivity index (χ1n) is 5.01. The van der Waals surface area contributed by atoms with Crippen LogP contribution in [-0.2, 0) is 0 Å². The lowest BCUT2D eigenvalue weighted by molar-refractivity contribution is 0.0908. The van der Waals surface area contributed by atoms with E-state index in [1.54, 1.807) is 0 Å². The maximum atomic E-state index is 12.6. The molecule has 1 amide bonds. The van der Waals surface area contributed by atoms with Crippen LogP contribution in [0.25, 0.3) is 0 Å². The standard InChI is InChI=1S/C11H14BrFN2O/c1-3-11(2,7-12)15-10(16)9-5-4-8(13)6-14-9/h4-6H,3,7H2,1-2H3,(H,15,16). The van der Waals surface area contributed by atoms with Gasteiger partial charge in [0, 0.05) is 10.9 Å². The number of alkyl halides is 1. The third-order valence-corrected chi connectivity index (χ3v) is 3.69. The van der Waals surface area contributed by atoms with E-state index in [0.29, 0.717) is 5.33 Å². The molecule has 1 heterocycles. The van der Waals surface area contributed by atoms with Crippen molar-refractivity contribution in [1.29, 1.82) is 0 Å². The highest BCUT2D eigenvalue weighted by molar-refractivity contribution is 9.09. The van der Waals surface area contributed by atoms with Crippen molar-refractivity contribution < 1.29 is 9.18 Å². The topological polar surface area (TPSA) is 42.0 Å². The van der Waals surface area contributed by atoms with Gasteiger partial charge in [-0.2, -0.15) is 0 Å². The second kappa shape index (κ2) is 5.39. The molecule has 1 aromatic rings. The zero-order valence-corrected chi connectivity index (χ0v) is 10.8. The summed E-state index contributed by atoms with van der Waals surface area (Å²) in [6.07, 6.45) is 1.83. The van der Waals surface area contributed by atoms with Crippen molar-refractivity contribution in [3.05, 3.63) is 29.8 Å². The highest BCUT2D eigenvalue weighted by Gasteiger charge is 2.23. The fourth-order valence-corrected chi connectivity index (χ4v) is 1.60. The van der Waals surface area contributed by atoms with E-state index >= 15 is 0 Å². The molecule has 5 heteroatoms. The minimum atomic E-state index is -0.449.